The van der Waals surface area contributed by atoms with E-state index in [2.05, 4.69) is 15.3 Å². The summed E-state index contributed by atoms with van der Waals surface area (Å²) in [4.78, 5) is 18.5. The Hall–Kier alpha value is -1.70. The fourth-order valence-electron chi connectivity index (χ4n) is 1.22. The van der Waals surface area contributed by atoms with Crippen molar-refractivity contribution < 1.29 is 18.3 Å². The average molecular weight is 273 g/mol. The second-order valence-electron chi connectivity index (χ2n) is 3.66. The van der Waals surface area contributed by atoms with Crippen LogP contribution in [-0.2, 0) is 9.84 Å². The maximum atomic E-state index is 11.2. The Bertz CT molecular complexity index is 542. The lowest BCUT2D eigenvalue weighted by atomic mass is 10.2. The van der Waals surface area contributed by atoms with Gasteiger partial charge in [0.2, 0.25) is 5.95 Å². The van der Waals surface area contributed by atoms with E-state index < -0.39 is 15.8 Å². The van der Waals surface area contributed by atoms with Gasteiger partial charge in [0.15, 0.2) is 9.84 Å². The molecule has 1 rings (SSSR count). The summed E-state index contributed by atoms with van der Waals surface area (Å²) < 4.78 is 22.5. The zero-order chi connectivity index (χ0) is 13.8. The number of carbonyl (C=O) groups is 1. The summed E-state index contributed by atoms with van der Waals surface area (Å²) in [6.45, 7) is 3.33. The molecule has 18 heavy (non-hydrogen) atoms. The molecule has 1 heterocycles. The average Bonchev–Trinajstić information content (AvgIpc) is 2.28. The monoisotopic (exact) mass is 273 g/mol. The van der Waals surface area contributed by atoms with Gasteiger partial charge < -0.3 is 10.4 Å². The molecule has 0 aliphatic carbocycles. The van der Waals surface area contributed by atoms with Crippen LogP contribution in [0.5, 0.6) is 0 Å². The van der Waals surface area contributed by atoms with E-state index in [1.165, 1.54) is 6.20 Å². The van der Waals surface area contributed by atoms with Crippen LogP contribution in [0.2, 0.25) is 0 Å². The van der Waals surface area contributed by atoms with E-state index in [9.17, 15) is 13.2 Å². The first kappa shape index (κ1) is 14.4. The van der Waals surface area contributed by atoms with Gasteiger partial charge in [-0.1, -0.05) is 6.92 Å². The molecule has 0 saturated carbocycles. The van der Waals surface area contributed by atoms with E-state index in [0.29, 0.717) is 5.69 Å². The molecule has 100 valence electrons. The standard InChI is InChI=1S/C10H15N3O4S/c1-3-18(16,17)5-4-11-10-12-6-8(9(14)15)7(2)13-10/h6H,3-5H2,1-2H3,(H,14,15)(H,11,12,13). The van der Waals surface area contributed by atoms with Crippen molar-refractivity contribution in [2.24, 2.45) is 0 Å². The molecular formula is C10H15N3O4S. The predicted molar refractivity (Wildman–Crippen MR) is 66.5 cm³/mol. The van der Waals surface area contributed by atoms with Crippen molar-refractivity contribution in [1.29, 1.82) is 0 Å². The SMILES string of the molecule is CCS(=O)(=O)CCNc1ncc(C(=O)O)c(C)n1. The Balaban J connectivity index is 2.65. The number of nitrogens with one attached hydrogen (secondary N) is 1. The third-order valence-electron chi connectivity index (χ3n) is 2.35. The molecule has 2 N–H and O–H groups in total. The molecule has 0 bridgehead atoms. The van der Waals surface area contributed by atoms with E-state index in [1.54, 1.807) is 13.8 Å². The molecule has 0 radical (unpaired) electrons. The lowest BCUT2D eigenvalue weighted by Crippen LogP contribution is -2.18. The minimum atomic E-state index is -3.03. The van der Waals surface area contributed by atoms with Crippen molar-refractivity contribution in [3.05, 3.63) is 17.5 Å². The molecule has 8 heteroatoms. The minimum Gasteiger partial charge on any atom is -0.478 e. The van der Waals surface area contributed by atoms with Crippen molar-refractivity contribution in [1.82, 2.24) is 9.97 Å². The summed E-state index contributed by atoms with van der Waals surface area (Å²) in [6.07, 6.45) is 1.20. The van der Waals surface area contributed by atoms with Gasteiger partial charge >= 0.3 is 5.97 Å². The van der Waals surface area contributed by atoms with E-state index in [0.717, 1.165) is 0 Å². The molecule has 0 unspecified atom stereocenters. The summed E-state index contributed by atoms with van der Waals surface area (Å²) in [5.74, 6) is -0.782. The first-order valence-corrected chi connectivity index (χ1v) is 7.19. The molecule has 7 nitrogen and oxygen atoms in total. The van der Waals surface area contributed by atoms with Gasteiger partial charge in [0, 0.05) is 18.5 Å². The van der Waals surface area contributed by atoms with E-state index in [1.807, 2.05) is 0 Å². The van der Waals surface area contributed by atoms with Crippen LogP contribution in [0.3, 0.4) is 0 Å². The van der Waals surface area contributed by atoms with Crippen molar-refractivity contribution in [2.75, 3.05) is 23.4 Å². The molecular weight excluding hydrogens is 258 g/mol. The minimum absolute atomic E-state index is 0.00735. The number of aromatic carboxylic acids is 1. The molecule has 1 aromatic rings. The highest BCUT2D eigenvalue weighted by atomic mass is 32.2. The zero-order valence-electron chi connectivity index (χ0n) is 10.2. The summed E-state index contributed by atoms with van der Waals surface area (Å²) in [5, 5.41) is 11.5. The molecule has 0 spiro atoms. The number of rotatable bonds is 6. The van der Waals surface area contributed by atoms with Crippen LogP contribution in [0.4, 0.5) is 5.95 Å². The van der Waals surface area contributed by atoms with Gasteiger partial charge in [-0.3, -0.25) is 0 Å². The number of anilines is 1. The maximum Gasteiger partial charge on any atom is 0.339 e. The highest BCUT2D eigenvalue weighted by Crippen LogP contribution is 2.06. The van der Waals surface area contributed by atoms with Gasteiger partial charge in [0.1, 0.15) is 0 Å². The van der Waals surface area contributed by atoms with Crippen LogP contribution < -0.4 is 5.32 Å². The fourth-order valence-corrected chi connectivity index (χ4v) is 1.93. The van der Waals surface area contributed by atoms with Crippen LogP contribution in [-0.4, -0.2) is 47.5 Å². The molecule has 0 saturated heterocycles. The third kappa shape index (κ3) is 3.95. The summed E-state index contributed by atoms with van der Waals surface area (Å²) in [7, 11) is -3.03. The molecule has 0 amide bonds. The van der Waals surface area contributed by atoms with Crippen LogP contribution >= 0.6 is 0 Å². The fraction of sp³-hybridized carbons (Fsp3) is 0.500. The number of hydrogen-bond acceptors (Lipinski definition) is 6. The highest BCUT2D eigenvalue weighted by Gasteiger charge is 2.11. The Morgan fingerprint density at radius 3 is 2.67 bits per heavy atom. The largest absolute Gasteiger partial charge is 0.478 e. The van der Waals surface area contributed by atoms with Gasteiger partial charge in [0.05, 0.1) is 17.0 Å². The Labute approximate surface area is 105 Å². The Morgan fingerprint density at radius 2 is 2.17 bits per heavy atom. The summed E-state index contributed by atoms with van der Waals surface area (Å²) in [5.41, 5.74) is 0.361. The van der Waals surface area contributed by atoms with E-state index in [4.69, 9.17) is 5.11 Å². The summed E-state index contributed by atoms with van der Waals surface area (Å²) in [6, 6.07) is 0. The predicted octanol–water partition coefficient (Wildman–Crippen LogP) is 0.330. The van der Waals surface area contributed by atoms with Gasteiger partial charge in [-0.05, 0) is 6.92 Å². The highest BCUT2D eigenvalue weighted by molar-refractivity contribution is 7.91. The van der Waals surface area contributed by atoms with E-state index in [-0.39, 0.29) is 29.6 Å². The molecule has 0 aromatic carbocycles. The molecule has 0 atom stereocenters. The van der Waals surface area contributed by atoms with Crippen molar-refractivity contribution in [3.8, 4) is 0 Å². The number of hydrogen-bond donors (Lipinski definition) is 2. The first-order chi connectivity index (χ1) is 8.35. The molecule has 1 aromatic heterocycles. The van der Waals surface area contributed by atoms with Gasteiger partial charge in [-0.15, -0.1) is 0 Å². The number of aryl methyl sites for hydroxylation is 1. The first-order valence-electron chi connectivity index (χ1n) is 5.37. The molecule has 0 fully saturated rings. The number of nitrogens with zero attached hydrogens (tertiary/aromatic N) is 2. The molecule has 0 aliphatic rings. The zero-order valence-corrected chi connectivity index (χ0v) is 11.0. The van der Waals surface area contributed by atoms with Gasteiger partial charge in [-0.25, -0.2) is 23.2 Å². The topological polar surface area (TPSA) is 109 Å². The number of carboxylic acids is 1. The summed E-state index contributed by atoms with van der Waals surface area (Å²) >= 11 is 0. The Morgan fingerprint density at radius 1 is 1.50 bits per heavy atom. The normalized spacial score (nSPS) is 11.2. The third-order valence-corrected chi connectivity index (χ3v) is 4.05. The van der Waals surface area contributed by atoms with Crippen LogP contribution in [0.1, 0.15) is 23.0 Å². The maximum absolute atomic E-state index is 11.2. The lowest BCUT2D eigenvalue weighted by molar-refractivity contribution is 0.0695. The van der Waals surface area contributed by atoms with Gasteiger partial charge in [0.25, 0.3) is 0 Å². The molecule has 0 aliphatic heterocycles. The number of carboxylic acid groups (broad SMARTS) is 1. The second-order valence-corrected chi connectivity index (χ2v) is 6.13. The van der Waals surface area contributed by atoms with Gasteiger partial charge in [-0.2, -0.15) is 0 Å². The van der Waals surface area contributed by atoms with Crippen molar-refractivity contribution in [3.63, 3.8) is 0 Å². The second kappa shape index (κ2) is 5.76. The lowest BCUT2D eigenvalue weighted by Gasteiger charge is -2.06. The van der Waals surface area contributed by atoms with Crippen molar-refractivity contribution >= 4 is 21.8 Å². The van der Waals surface area contributed by atoms with Crippen LogP contribution in [0.25, 0.3) is 0 Å². The van der Waals surface area contributed by atoms with Crippen molar-refractivity contribution in [2.45, 2.75) is 13.8 Å². The van der Waals surface area contributed by atoms with E-state index >= 15 is 0 Å². The quantitative estimate of drug-likeness (QED) is 0.768. The Kier molecular flexibility index (Phi) is 4.60. The van der Waals surface area contributed by atoms with Crippen LogP contribution in [0, 0.1) is 6.92 Å². The number of aromatic nitrogens is 2. The number of sulfone groups is 1. The smallest absolute Gasteiger partial charge is 0.339 e. The van der Waals surface area contributed by atoms with Crippen LogP contribution in [0.15, 0.2) is 6.20 Å².